The second-order valence-electron chi connectivity index (χ2n) is 3.60. The van der Waals surface area contributed by atoms with E-state index in [0.29, 0.717) is 22.2 Å². The van der Waals surface area contributed by atoms with E-state index >= 15 is 0 Å². The van der Waals surface area contributed by atoms with Crippen LogP contribution in [0.2, 0.25) is 0 Å². The van der Waals surface area contributed by atoms with Gasteiger partial charge in [0.1, 0.15) is 5.75 Å². The van der Waals surface area contributed by atoms with Crippen LogP contribution in [-0.4, -0.2) is 17.0 Å². The molecule has 1 heterocycles. The molecule has 0 fully saturated rings. The molecule has 0 aliphatic carbocycles. The minimum atomic E-state index is -0.690. The van der Waals surface area contributed by atoms with Crippen molar-refractivity contribution in [1.29, 1.82) is 0 Å². The molecule has 0 aliphatic rings. The zero-order valence-corrected chi connectivity index (χ0v) is 9.31. The highest BCUT2D eigenvalue weighted by molar-refractivity contribution is 5.92. The van der Waals surface area contributed by atoms with Crippen LogP contribution in [0.25, 0.3) is 10.8 Å². The van der Waals surface area contributed by atoms with Gasteiger partial charge in [-0.1, -0.05) is 0 Å². The van der Waals surface area contributed by atoms with Crippen molar-refractivity contribution in [3.05, 3.63) is 44.4 Å². The smallest absolute Gasteiger partial charge is 0.341 e. The largest absolute Gasteiger partial charge is 0.497 e. The van der Waals surface area contributed by atoms with Crippen LogP contribution in [0.1, 0.15) is 5.69 Å². The number of fused-ring (bicyclic) bond motifs is 1. The van der Waals surface area contributed by atoms with Gasteiger partial charge in [-0.05, 0) is 25.1 Å². The molecule has 1 aromatic heterocycles. The molecule has 0 radical (unpaired) electrons. The Morgan fingerprint density at radius 3 is 2.65 bits per heavy atom. The third-order valence-corrected chi connectivity index (χ3v) is 2.58. The second-order valence-corrected chi connectivity index (χ2v) is 3.60. The predicted molar refractivity (Wildman–Crippen MR) is 62.5 cm³/mol. The van der Waals surface area contributed by atoms with Crippen molar-refractivity contribution >= 4 is 16.5 Å². The standard InChI is InChI=1S/C11H10N2O4/c1-6-9-5-7(17-2)3-4-8(9)10(13(15)16)11(14)12-6/h3-5H,1-2H3,(H,12,14). The molecule has 6 heteroatoms. The van der Waals surface area contributed by atoms with Crippen molar-refractivity contribution in [2.24, 2.45) is 0 Å². The minimum Gasteiger partial charge on any atom is -0.497 e. The number of nitrogens with one attached hydrogen (secondary N) is 1. The topological polar surface area (TPSA) is 85.2 Å². The average Bonchev–Trinajstić information content (AvgIpc) is 2.28. The number of hydrogen-bond donors (Lipinski definition) is 1. The van der Waals surface area contributed by atoms with Gasteiger partial charge in [0, 0.05) is 11.1 Å². The summed E-state index contributed by atoms with van der Waals surface area (Å²) in [5, 5.41) is 11.8. The SMILES string of the molecule is COc1ccc2c([N+](=O)[O-])c(=O)[nH]c(C)c2c1. The highest BCUT2D eigenvalue weighted by Gasteiger charge is 2.19. The van der Waals surface area contributed by atoms with E-state index in [0.717, 1.165) is 0 Å². The Bertz CT molecular complexity index is 660. The molecule has 0 bridgehead atoms. The van der Waals surface area contributed by atoms with E-state index in [1.54, 1.807) is 19.1 Å². The molecule has 0 unspecified atom stereocenters. The van der Waals surface area contributed by atoms with E-state index in [2.05, 4.69) is 4.98 Å². The first-order valence-electron chi connectivity index (χ1n) is 4.89. The number of nitrogens with zero attached hydrogens (tertiary/aromatic N) is 1. The Hall–Kier alpha value is -2.37. The molecule has 2 aromatic rings. The molecule has 0 saturated heterocycles. The predicted octanol–water partition coefficient (Wildman–Crippen LogP) is 1.75. The second kappa shape index (κ2) is 3.89. The maximum atomic E-state index is 11.5. The normalized spacial score (nSPS) is 10.5. The molecule has 1 N–H and O–H groups in total. The van der Waals surface area contributed by atoms with Crippen LogP contribution < -0.4 is 10.3 Å². The number of methoxy groups -OCH3 is 1. The molecule has 0 aliphatic heterocycles. The van der Waals surface area contributed by atoms with E-state index in [4.69, 9.17) is 4.74 Å². The zero-order chi connectivity index (χ0) is 12.6. The van der Waals surface area contributed by atoms with E-state index in [1.807, 2.05) is 0 Å². The van der Waals surface area contributed by atoms with Gasteiger partial charge >= 0.3 is 11.2 Å². The molecule has 17 heavy (non-hydrogen) atoms. The molecule has 0 amide bonds. The number of aromatic nitrogens is 1. The first kappa shape index (κ1) is 11.1. The number of H-pyrrole nitrogens is 1. The quantitative estimate of drug-likeness (QED) is 0.633. The Labute approximate surface area is 96.0 Å². The Morgan fingerprint density at radius 1 is 1.35 bits per heavy atom. The molecular formula is C11H10N2O4. The van der Waals surface area contributed by atoms with Gasteiger partial charge in [-0.3, -0.25) is 14.9 Å². The van der Waals surface area contributed by atoms with Gasteiger partial charge in [-0.2, -0.15) is 0 Å². The zero-order valence-electron chi connectivity index (χ0n) is 9.31. The fourth-order valence-electron chi connectivity index (χ4n) is 1.77. The van der Waals surface area contributed by atoms with Gasteiger partial charge in [0.05, 0.1) is 17.4 Å². The van der Waals surface area contributed by atoms with Crippen molar-refractivity contribution in [3.8, 4) is 5.75 Å². The van der Waals surface area contributed by atoms with Gasteiger partial charge in [0.25, 0.3) is 0 Å². The fourth-order valence-corrected chi connectivity index (χ4v) is 1.77. The average molecular weight is 234 g/mol. The summed E-state index contributed by atoms with van der Waals surface area (Å²) in [6.07, 6.45) is 0. The van der Waals surface area contributed by atoms with Crippen LogP contribution in [0.15, 0.2) is 23.0 Å². The van der Waals surface area contributed by atoms with E-state index < -0.39 is 16.2 Å². The summed E-state index contributed by atoms with van der Waals surface area (Å²) in [7, 11) is 1.51. The van der Waals surface area contributed by atoms with Gasteiger partial charge < -0.3 is 9.72 Å². The van der Waals surface area contributed by atoms with E-state index in [-0.39, 0.29) is 0 Å². The number of ether oxygens (including phenoxy) is 1. The van der Waals surface area contributed by atoms with Crippen LogP contribution in [0, 0.1) is 17.0 Å². The van der Waals surface area contributed by atoms with Gasteiger partial charge in [-0.25, -0.2) is 0 Å². The Kier molecular flexibility index (Phi) is 2.55. The monoisotopic (exact) mass is 234 g/mol. The third kappa shape index (κ3) is 1.73. The van der Waals surface area contributed by atoms with Crippen LogP contribution in [0.4, 0.5) is 5.69 Å². The van der Waals surface area contributed by atoms with Crippen molar-refractivity contribution in [2.45, 2.75) is 6.92 Å². The van der Waals surface area contributed by atoms with Gasteiger partial charge in [0.15, 0.2) is 0 Å². The van der Waals surface area contributed by atoms with Crippen LogP contribution in [-0.2, 0) is 0 Å². The molecule has 1 aromatic carbocycles. The highest BCUT2D eigenvalue weighted by atomic mass is 16.6. The first-order chi connectivity index (χ1) is 8.04. The summed E-state index contributed by atoms with van der Waals surface area (Å²) in [5.74, 6) is 0.585. The number of pyridine rings is 1. The van der Waals surface area contributed by atoms with Gasteiger partial charge in [0.2, 0.25) is 0 Å². The molecule has 88 valence electrons. The summed E-state index contributed by atoms with van der Waals surface area (Å²) in [6, 6.07) is 4.77. The summed E-state index contributed by atoms with van der Waals surface area (Å²) < 4.78 is 5.05. The Balaban J connectivity index is 2.93. The van der Waals surface area contributed by atoms with Gasteiger partial charge in [-0.15, -0.1) is 0 Å². The summed E-state index contributed by atoms with van der Waals surface area (Å²) in [5.41, 5.74) is -0.548. The molecule has 6 nitrogen and oxygen atoms in total. The van der Waals surface area contributed by atoms with Crippen LogP contribution in [0.5, 0.6) is 5.75 Å². The maximum Gasteiger partial charge on any atom is 0.341 e. The van der Waals surface area contributed by atoms with Crippen molar-refractivity contribution < 1.29 is 9.66 Å². The molecule has 2 rings (SSSR count). The lowest BCUT2D eigenvalue weighted by Gasteiger charge is -2.05. The lowest BCUT2D eigenvalue weighted by atomic mass is 10.1. The molecular weight excluding hydrogens is 224 g/mol. The van der Waals surface area contributed by atoms with Crippen molar-refractivity contribution in [3.63, 3.8) is 0 Å². The first-order valence-corrected chi connectivity index (χ1v) is 4.89. The number of aryl methyl sites for hydroxylation is 1. The van der Waals surface area contributed by atoms with E-state index in [1.165, 1.54) is 13.2 Å². The number of benzene rings is 1. The number of rotatable bonds is 2. The fraction of sp³-hybridized carbons (Fsp3) is 0.182. The van der Waals surface area contributed by atoms with Crippen LogP contribution in [0.3, 0.4) is 0 Å². The van der Waals surface area contributed by atoms with Crippen molar-refractivity contribution in [1.82, 2.24) is 4.98 Å². The molecule has 0 saturated carbocycles. The lowest BCUT2D eigenvalue weighted by Crippen LogP contribution is -2.13. The maximum absolute atomic E-state index is 11.5. The number of nitro groups is 1. The summed E-state index contributed by atoms with van der Waals surface area (Å²) >= 11 is 0. The van der Waals surface area contributed by atoms with E-state index in [9.17, 15) is 14.9 Å². The minimum absolute atomic E-state index is 0.317. The van der Waals surface area contributed by atoms with Crippen LogP contribution >= 0.6 is 0 Å². The molecule has 0 atom stereocenters. The lowest BCUT2D eigenvalue weighted by molar-refractivity contribution is -0.384. The summed E-state index contributed by atoms with van der Waals surface area (Å²) in [6.45, 7) is 1.69. The third-order valence-electron chi connectivity index (χ3n) is 2.58. The number of hydrogen-bond acceptors (Lipinski definition) is 4. The summed E-state index contributed by atoms with van der Waals surface area (Å²) in [4.78, 5) is 24.2. The Morgan fingerprint density at radius 2 is 2.06 bits per heavy atom. The number of aromatic amines is 1. The van der Waals surface area contributed by atoms with Crippen molar-refractivity contribution in [2.75, 3.05) is 7.11 Å². The molecule has 0 spiro atoms. The highest BCUT2D eigenvalue weighted by Crippen LogP contribution is 2.27.